The van der Waals surface area contributed by atoms with Crippen LogP contribution in [0.15, 0.2) is 66.1 Å². The predicted octanol–water partition coefficient (Wildman–Crippen LogP) is 4.99. The number of nitriles is 1. The zero-order valence-electron chi connectivity index (χ0n) is 16.9. The number of benzene rings is 3. The molecular weight excluding hydrogens is 435 g/mol. The molecule has 0 radical (unpaired) electrons. The Morgan fingerprint density at radius 1 is 1.19 bits per heavy atom. The van der Waals surface area contributed by atoms with E-state index in [1.165, 1.54) is 31.4 Å². The summed E-state index contributed by atoms with van der Waals surface area (Å²) in [5.74, 6) is 0.0608. The molecule has 32 heavy (non-hydrogen) atoms. The van der Waals surface area contributed by atoms with Crippen LogP contribution in [0.5, 0.6) is 23.0 Å². The Labute approximate surface area is 188 Å². The molecule has 0 unspecified atom stereocenters. The molecule has 8 heteroatoms. The second-order valence-electron chi connectivity index (χ2n) is 7.10. The minimum atomic E-state index is -0.582. The quantitative estimate of drug-likeness (QED) is 0.566. The third-order valence-corrected chi connectivity index (χ3v) is 5.36. The van der Waals surface area contributed by atoms with Crippen molar-refractivity contribution in [1.29, 1.82) is 5.26 Å². The van der Waals surface area contributed by atoms with Gasteiger partial charge in [0.1, 0.15) is 35.6 Å². The van der Waals surface area contributed by atoms with Crippen molar-refractivity contribution >= 4 is 11.6 Å². The monoisotopic (exact) mass is 452 g/mol. The lowest BCUT2D eigenvalue weighted by atomic mass is 9.83. The second kappa shape index (κ2) is 8.69. The molecule has 0 saturated heterocycles. The molecule has 0 spiro atoms. The molecule has 0 fully saturated rings. The largest absolute Gasteiger partial charge is 0.508 e. The topological polar surface area (TPSA) is 97.7 Å². The van der Waals surface area contributed by atoms with Gasteiger partial charge in [0.2, 0.25) is 5.88 Å². The lowest BCUT2D eigenvalue weighted by molar-refractivity contribution is 0.284. The Bertz CT molecular complexity index is 1250. The number of aromatic hydroxyl groups is 1. The van der Waals surface area contributed by atoms with Crippen molar-refractivity contribution in [3.05, 3.63) is 93.6 Å². The summed E-state index contributed by atoms with van der Waals surface area (Å²) in [5, 5.41) is 19.8. The lowest BCUT2D eigenvalue weighted by Crippen LogP contribution is -2.21. The van der Waals surface area contributed by atoms with E-state index in [2.05, 4.69) is 6.07 Å². The van der Waals surface area contributed by atoms with Crippen LogP contribution in [0.2, 0.25) is 5.02 Å². The van der Waals surface area contributed by atoms with E-state index in [1.807, 2.05) is 0 Å². The third-order valence-electron chi connectivity index (χ3n) is 5.08. The number of hydrogen-bond donors (Lipinski definition) is 2. The summed E-state index contributed by atoms with van der Waals surface area (Å²) in [6, 6.07) is 16.0. The van der Waals surface area contributed by atoms with E-state index in [0.29, 0.717) is 28.4 Å². The molecule has 3 N–H and O–H groups in total. The fourth-order valence-corrected chi connectivity index (χ4v) is 3.84. The van der Waals surface area contributed by atoms with Crippen LogP contribution in [-0.2, 0) is 6.61 Å². The molecule has 0 aliphatic carbocycles. The van der Waals surface area contributed by atoms with Crippen molar-refractivity contribution in [1.82, 2.24) is 0 Å². The highest BCUT2D eigenvalue weighted by Crippen LogP contribution is 2.47. The SMILES string of the molecule is COc1cc([C@H]2C(C#N)=C(N)Oc3cc(O)ccc32)cc(Cl)c1OCc1ccc(F)cc1. The minimum absolute atomic E-state index is 0.0101. The van der Waals surface area contributed by atoms with Crippen molar-refractivity contribution in [2.24, 2.45) is 5.73 Å². The van der Waals surface area contributed by atoms with Crippen molar-refractivity contribution in [2.75, 3.05) is 7.11 Å². The maximum atomic E-state index is 13.1. The Hall–Kier alpha value is -3.89. The van der Waals surface area contributed by atoms with Gasteiger partial charge in [-0.25, -0.2) is 4.39 Å². The highest BCUT2D eigenvalue weighted by Gasteiger charge is 2.32. The summed E-state index contributed by atoms with van der Waals surface area (Å²) in [6.45, 7) is 0.158. The number of halogens is 2. The van der Waals surface area contributed by atoms with Crippen molar-refractivity contribution < 1.29 is 23.7 Å². The first-order valence-corrected chi connectivity index (χ1v) is 9.94. The molecule has 0 saturated carbocycles. The number of phenols is 1. The molecule has 1 aliphatic heterocycles. The zero-order chi connectivity index (χ0) is 22.8. The van der Waals surface area contributed by atoms with Crippen LogP contribution in [0, 0.1) is 17.1 Å². The van der Waals surface area contributed by atoms with E-state index >= 15 is 0 Å². The molecule has 4 rings (SSSR count). The van der Waals surface area contributed by atoms with Crippen LogP contribution in [0.4, 0.5) is 4.39 Å². The van der Waals surface area contributed by atoms with Gasteiger partial charge in [-0.2, -0.15) is 5.26 Å². The van der Waals surface area contributed by atoms with Crippen molar-refractivity contribution in [3.63, 3.8) is 0 Å². The number of methoxy groups -OCH3 is 1. The molecule has 1 aliphatic rings. The Morgan fingerprint density at radius 3 is 2.62 bits per heavy atom. The number of rotatable bonds is 5. The summed E-state index contributed by atoms with van der Waals surface area (Å²) in [5.41, 5.74) is 8.23. The van der Waals surface area contributed by atoms with Gasteiger partial charge in [0, 0.05) is 11.6 Å². The normalized spacial score (nSPS) is 14.9. The van der Waals surface area contributed by atoms with Gasteiger partial charge in [0.05, 0.1) is 18.1 Å². The smallest absolute Gasteiger partial charge is 0.205 e. The summed E-state index contributed by atoms with van der Waals surface area (Å²) < 4.78 is 30.0. The molecule has 0 amide bonds. The number of fused-ring (bicyclic) bond motifs is 1. The van der Waals surface area contributed by atoms with Gasteiger partial charge in [-0.05, 0) is 41.5 Å². The first-order chi connectivity index (χ1) is 15.4. The first-order valence-electron chi connectivity index (χ1n) is 9.56. The van der Waals surface area contributed by atoms with Gasteiger partial charge >= 0.3 is 0 Å². The van der Waals surface area contributed by atoms with E-state index in [9.17, 15) is 14.8 Å². The van der Waals surface area contributed by atoms with E-state index < -0.39 is 5.92 Å². The van der Waals surface area contributed by atoms with Crippen molar-refractivity contribution in [3.8, 4) is 29.1 Å². The summed E-state index contributed by atoms with van der Waals surface area (Å²) in [7, 11) is 1.48. The molecular formula is C24H18ClFN2O4. The standard InChI is InChI=1S/C24H18ClFN2O4/c1-30-21-9-14(8-19(25)23(21)31-12-13-2-4-15(26)5-3-13)22-17-7-6-16(29)10-20(17)32-24(28)18(22)11-27/h2-10,22,29H,12,28H2,1H3/t22-/m1/s1. The highest BCUT2D eigenvalue weighted by atomic mass is 35.5. The highest BCUT2D eigenvalue weighted by molar-refractivity contribution is 6.32. The average molecular weight is 453 g/mol. The zero-order valence-corrected chi connectivity index (χ0v) is 17.7. The van der Waals surface area contributed by atoms with Gasteiger partial charge in [0.25, 0.3) is 0 Å². The predicted molar refractivity (Wildman–Crippen MR) is 116 cm³/mol. The van der Waals surface area contributed by atoms with Crippen LogP contribution in [-0.4, -0.2) is 12.2 Å². The number of allylic oxidation sites excluding steroid dienone is 1. The summed E-state index contributed by atoms with van der Waals surface area (Å²) >= 11 is 6.54. The Balaban J connectivity index is 1.74. The van der Waals surface area contributed by atoms with Crippen LogP contribution >= 0.6 is 11.6 Å². The molecule has 0 bridgehead atoms. The average Bonchev–Trinajstić information content (AvgIpc) is 2.77. The number of hydrogen-bond acceptors (Lipinski definition) is 6. The van der Waals surface area contributed by atoms with Gasteiger partial charge in [-0.3, -0.25) is 0 Å². The summed E-state index contributed by atoms with van der Waals surface area (Å²) in [4.78, 5) is 0. The molecule has 6 nitrogen and oxygen atoms in total. The fourth-order valence-electron chi connectivity index (χ4n) is 3.57. The maximum Gasteiger partial charge on any atom is 0.205 e. The van der Waals surface area contributed by atoms with Crippen molar-refractivity contribution in [2.45, 2.75) is 12.5 Å². The third kappa shape index (κ3) is 4.01. The van der Waals surface area contributed by atoms with Gasteiger partial charge in [-0.1, -0.05) is 29.8 Å². The molecule has 3 aromatic carbocycles. The summed E-state index contributed by atoms with van der Waals surface area (Å²) in [6.07, 6.45) is 0. The van der Waals surface area contributed by atoms with E-state index in [-0.39, 0.29) is 34.7 Å². The second-order valence-corrected chi connectivity index (χ2v) is 7.50. The van der Waals surface area contributed by atoms with E-state index in [4.69, 9.17) is 31.5 Å². The molecule has 0 aromatic heterocycles. The first kappa shape index (κ1) is 21.3. The van der Waals surface area contributed by atoms with E-state index in [1.54, 1.807) is 30.3 Å². The lowest BCUT2D eigenvalue weighted by Gasteiger charge is -2.27. The van der Waals surface area contributed by atoms with Crippen LogP contribution in [0.25, 0.3) is 0 Å². The van der Waals surface area contributed by atoms with Crippen LogP contribution < -0.4 is 19.9 Å². The Kier molecular flexibility index (Phi) is 5.80. The maximum absolute atomic E-state index is 13.1. The molecule has 3 aromatic rings. The van der Waals surface area contributed by atoms with Gasteiger partial charge in [-0.15, -0.1) is 0 Å². The molecule has 1 heterocycles. The van der Waals surface area contributed by atoms with Crippen LogP contribution in [0.3, 0.4) is 0 Å². The molecule has 162 valence electrons. The number of ether oxygens (including phenoxy) is 3. The van der Waals surface area contributed by atoms with Gasteiger partial charge < -0.3 is 25.1 Å². The Morgan fingerprint density at radius 2 is 1.94 bits per heavy atom. The molecule has 1 atom stereocenters. The van der Waals surface area contributed by atoms with E-state index in [0.717, 1.165) is 5.56 Å². The number of nitrogens with zero attached hydrogens (tertiary/aromatic N) is 1. The minimum Gasteiger partial charge on any atom is -0.508 e. The number of nitrogens with two attached hydrogens (primary N) is 1. The fraction of sp³-hybridized carbons (Fsp3) is 0.125. The number of phenolic OH excluding ortho intramolecular Hbond substituents is 1. The van der Waals surface area contributed by atoms with Crippen LogP contribution in [0.1, 0.15) is 22.6 Å². The van der Waals surface area contributed by atoms with Gasteiger partial charge in [0.15, 0.2) is 11.5 Å².